The highest BCUT2D eigenvalue weighted by molar-refractivity contribution is 5.91. The van der Waals surface area contributed by atoms with Gasteiger partial charge in [-0.05, 0) is 49.6 Å². The van der Waals surface area contributed by atoms with Gasteiger partial charge in [-0.3, -0.25) is 0 Å². The van der Waals surface area contributed by atoms with Crippen molar-refractivity contribution in [3.05, 3.63) is 60.5 Å². The number of hydrogen-bond donors (Lipinski definition) is 2. The first-order valence-electron chi connectivity index (χ1n) is 10.2. The molecule has 1 unspecified atom stereocenters. The summed E-state index contributed by atoms with van der Waals surface area (Å²) in [6.07, 6.45) is 11.5. The summed E-state index contributed by atoms with van der Waals surface area (Å²) in [4.78, 5) is 8.65. The molecule has 30 heavy (non-hydrogen) atoms. The molecule has 0 saturated heterocycles. The average molecular weight is 405 g/mol. The van der Waals surface area contributed by atoms with E-state index >= 15 is 0 Å². The lowest BCUT2D eigenvalue weighted by atomic mass is 9.75. The van der Waals surface area contributed by atoms with Gasteiger partial charge in [0.15, 0.2) is 0 Å². The second-order valence-corrected chi connectivity index (χ2v) is 8.27. The highest BCUT2D eigenvalue weighted by Crippen LogP contribution is 2.44. The zero-order chi connectivity index (χ0) is 20.7. The summed E-state index contributed by atoms with van der Waals surface area (Å²) >= 11 is 0. The first-order chi connectivity index (χ1) is 14.6. The van der Waals surface area contributed by atoms with Gasteiger partial charge in [0.1, 0.15) is 23.7 Å². The Morgan fingerprint density at radius 1 is 1.27 bits per heavy atom. The molecule has 0 aliphatic heterocycles. The Bertz CT molecular complexity index is 1150. The lowest BCUT2D eigenvalue weighted by Gasteiger charge is -2.36. The molecule has 1 aromatic carbocycles. The van der Waals surface area contributed by atoms with Crippen LogP contribution in [-0.2, 0) is 0 Å². The van der Waals surface area contributed by atoms with Crippen LogP contribution in [0, 0.1) is 5.41 Å². The molecule has 5 rings (SSSR count). The van der Waals surface area contributed by atoms with Crippen molar-refractivity contribution in [1.29, 1.82) is 0 Å². The molecule has 2 aromatic heterocycles. The van der Waals surface area contributed by atoms with Gasteiger partial charge in [0, 0.05) is 23.5 Å². The molecule has 2 aliphatic rings. The monoisotopic (exact) mass is 405 g/mol. The molecular weight excluding hydrogens is 381 g/mol. The summed E-state index contributed by atoms with van der Waals surface area (Å²) in [7, 11) is 1.84. The van der Waals surface area contributed by atoms with Gasteiger partial charge >= 0.3 is 0 Å². The van der Waals surface area contributed by atoms with E-state index in [0.717, 1.165) is 40.9 Å². The molecule has 0 spiro atoms. The Labute approximate surface area is 174 Å². The molecule has 7 nitrogen and oxygen atoms in total. The van der Waals surface area contributed by atoms with Crippen LogP contribution in [0.1, 0.15) is 44.0 Å². The van der Waals surface area contributed by atoms with E-state index in [1.54, 1.807) is 12.4 Å². The molecule has 0 bridgehead atoms. The molecule has 154 valence electrons. The number of halogens is 1. The molecule has 0 amide bonds. The molecular formula is C22H24FN7. The van der Waals surface area contributed by atoms with Crippen LogP contribution in [0.5, 0.6) is 0 Å². The highest BCUT2D eigenvalue weighted by atomic mass is 19.1. The second kappa shape index (κ2) is 7.19. The summed E-state index contributed by atoms with van der Waals surface area (Å²) in [6.45, 7) is 2.11. The number of anilines is 2. The number of aromatic nitrogens is 5. The van der Waals surface area contributed by atoms with Gasteiger partial charge in [-0.2, -0.15) is 0 Å². The minimum absolute atomic E-state index is 0.175. The fraction of sp³-hybridized carbons (Fsp3) is 0.364. The van der Waals surface area contributed by atoms with E-state index in [9.17, 15) is 4.39 Å². The third-order valence-electron chi connectivity index (χ3n) is 5.95. The zero-order valence-electron chi connectivity index (χ0n) is 17.0. The minimum Gasteiger partial charge on any atom is -0.376 e. The second-order valence-electron chi connectivity index (χ2n) is 8.27. The molecule has 2 aliphatic carbocycles. The van der Waals surface area contributed by atoms with Crippen LogP contribution in [0.4, 0.5) is 15.9 Å². The molecule has 0 radical (unpaired) electrons. The molecule has 3 aromatic rings. The number of rotatable bonds is 6. The van der Waals surface area contributed by atoms with Crippen molar-refractivity contribution < 1.29 is 4.39 Å². The van der Waals surface area contributed by atoms with Crippen LogP contribution in [0.2, 0.25) is 0 Å². The van der Waals surface area contributed by atoms with Gasteiger partial charge < -0.3 is 10.6 Å². The Morgan fingerprint density at radius 3 is 2.87 bits per heavy atom. The fourth-order valence-corrected chi connectivity index (χ4v) is 3.97. The fourth-order valence-electron chi connectivity index (χ4n) is 3.97. The summed E-state index contributed by atoms with van der Waals surface area (Å²) in [5.41, 5.74) is 2.28. The number of allylic oxidation sites excluding steroid dienone is 3. The third kappa shape index (κ3) is 3.42. The van der Waals surface area contributed by atoms with E-state index < -0.39 is 0 Å². The standard InChI is InChI=1S/C22H24FN7/c1-22(9-7-14(23)8-10-22)20(19-12-30(29-28-19)16-4-5-16)27-15-3-6-18-17(11-15)21(24-2)26-13-25-18/h3,6-9,11-13,16,20,27H,4-5,10H2,1-2H3,(H,24,25,26)/t20-,22?/m1/s1. The van der Waals surface area contributed by atoms with E-state index in [4.69, 9.17) is 0 Å². The van der Waals surface area contributed by atoms with Crippen molar-refractivity contribution in [1.82, 2.24) is 25.0 Å². The van der Waals surface area contributed by atoms with Gasteiger partial charge in [-0.15, -0.1) is 5.10 Å². The van der Waals surface area contributed by atoms with Gasteiger partial charge in [-0.1, -0.05) is 18.2 Å². The summed E-state index contributed by atoms with van der Waals surface area (Å²) in [6, 6.07) is 6.28. The van der Waals surface area contributed by atoms with Crippen LogP contribution < -0.4 is 10.6 Å². The van der Waals surface area contributed by atoms with E-state index in [1.807, 2.05) is 42.2 Å². The summed E-state index contributed by atoms with van der Waals surface area (Å²) in [5.74, 6) is 0.572. The Balaban J connectivity index is 1.53. The summed E-state index contributed by atoms with van der Waals surface area (Å²) in [5, 5.41) is 16.5. The van der Waals surface area contributed by atoms with Gasteiger partial charge in [0.05, 0.1) is 23.8 Å². The van der Waals surface area contributed by atoms with Crippen LogP contribution in [0.3, 0.4) is 0 Å². The average Bonchev–Trinajstić information content (AvgIpc) is 3.51. The number of nitrogens with zero attached hydrogens (tertiary/aromatic N) is 5. The number of benzene rings is 1. The maximum absolute atomic E-state index is 13.7. The van der Waals surface area contributed by atoms with Crippen LogP contribution >= 0.6 is 0 Å². The van der Waals surface area contributed by atoms with E-state index in [0.29, 0.717) is 12.5 Å². The van der Waals surface area contributed by atoms with Crippen molar-refractivity contribution in [3.63, 3.8) is 0 Å². The molecule has 2 atom stereocenters. The lowest BCUT2D eigenvalue weighted by Crippen LogP contribution is -2.30. The van der Waals surface area contributed by atoms with E-state index in [2.05, 4.69) is 37.8 Å². The molecule has 2 N–H and O–H groups in total. The maximum Gasteiger partial charge on any atom is 0.137 e. The number of nitrogens with one attached hydrogen (secondary N) is 2. The van der Waals surface area contributed by atoms with Gasteiger partial charge in [-0.25, -0.2) is 19.0 Å². The topological polar surface area (TPSA) is 80.5 Å². The van der Waals surface area contributed by atoms with Gasteiger partial charge in [0.25, 0.3) is 0 Å². The van der Waals surface area contributed by atoms with E-state index in [-0.39, 0.29) is 17.3 Å². The Hall–Kier alpha value is -3.29. The predicted octanol–water partition coefficient (Wildman–Crippen LogP) is 4.57. The van der Waals surface area contributed by atoms with Crippen LogP contribution in [-0.4, -0.2) is 32.0 Å². The van der Waals surface area contributed by atoms with Crippen molar-refractivity contribution >= 4 is 22.4 Å². The Morgan fingerprint density at radius 2 is 2.13 bits per heavy atom. The molecule has 8 heteroatoms. The molecule has 2 heterocycles. The largest absolute Gasteiger partial charge is 0.376 e. The third-order valence-corrected chi connectivity index (χ3v) is 5.95. The first-order valence-corrected chi connectivity index (χ1v) is 10.2. The van der Waals surface area contributed by atoms with Crippen molar-refractivity contribution in [2.75, 3.05) is 17.7 Å². The maximum atomic E-state index is 13.7. The van der Waals surface area contributed by atoms with Crippen molar-refractivity contribution in [2.24, 2.45) is 5.41 Å². The van der Waals surface area contributed by atoms with E-state index in [1.165, 1.54) is 6.08 Å². The normalized spacial score (nSPS) is 22.0. The zero-order valence-corrected chi connectivity index (χ0v) is 17.0. The van der Waals surface area contributed by atoms with Crippen molar-refractivity contribution in [2.45, 2.75) is 38.3 Å². The number of hydrogen-bond acceptors (Lipinski definition) is 6. The first kappa shape index (κ1) is 18.7. The number of fused-ring (bicyclic) bond motifs is 1. The minimum atomic E-state index is -0.353. The predicted molar refractivity (Wildman–Crippen MR) is 115 cm³/mol. The summed E-state index contributed by atoms with van der Waals surface area (Å²) < 4.78 is 15.6. The van der Waals surface area contributed by atoms with Gasteiger partial charge in [0.2, 0.25) is 0 Å². The SMILES string of the molecule is CNc1ncnc2ccc(N[C@H](c3cn(C4CC4)nn3)C3(C)C=CC(F)=CC3)cc12. The highest BCUT2D eigenvalue weighted by Gasteiger charge is 2.37. The lowest BCUT2D eigenvalue weighted by molar-refractivity contribution is 0.351. The molecule has 1 fully saturated rings. The van der Waals surface area contributed by atoms with Crippen LogP contribution in [0.25, 0.3) is 10.9 Å². The molecule has 1 saturated carbocycles. The van der Waals surface area contributed by atoms with Crippen LogP contribution in [0.15, 0.2) is 54.8 Å². The van der Waals surface area contributed by atoms with Crippen molar-refractivity contribution in [3.8, 4) is 0 Å². The quantitative estimate of drug-likeness (QED) is 0.625. The smallest absolute Gasteiger partial charge is 0.137 e. The Kier molecular flexibility index (Phi) is 4.49.